The zero-order chi connectivity index (χ0) is 105. The maximum Gasteiger partial charge on any atom is 0.472 e. The summed E-state index contributed by atoms with van der Waals surface area (Å²) >= 11 is 0. The second kappa shape index (κ2) is 76.5. The van der Waals surface area contributed by atoms with E-state index in [0.29, 0.717) is 42.8 Å². The highest BCUT2D eigenvalue weighted by molar-refractivity contribution is 7.56. The second-order valence-electron chi connectivity index (χ2n) is 32.3. The van der Waals surface area contributed by atoms with Gasteiger partial charge in [0, 0.05) is 66.5 Å². The van der Waals surface area contributed by atoms with E-state index >= 15 is 0 Å². The van der Waals surface area contributed by atoms with Gasteiger partial charge in [0.25, 0.3) is 7.52 Å². The Kier molecular flexibility index (Phi) is 80.4. The molecule has 0 spiro atoms. The van der Waals surface area contributed by atoms with E-state index < -0.39 is 121 Å². The van der Waals surface area contributed by atoms with Crippen LogP contribution < -0.4 is 48.9 Å². The second-order valence-corrected chi connectivity index (χ2v) is 40.2. The summed E-state index contributed by atoms with van der Waals surface area (Å²) in [6, 6.07) is 4.15. The molecule has 0 saturated heterocycles. The van der Waals surface area contributed by atoms with E-state index in [1.807, 2.05) is 60.5 Å². The third-order valence-corrected chi connectivity index (χ3v) is 20.2. The number of phosphoric acid groups is 1. The number of ether oxygens (including phenoxy) is 6. The Labute approximate surface area is 775 Å². The van der Waals surface area contributed by atoms with Crippen LogP contribution in [-0.2, 0) is 141 Å². The number of Topliss-reactive ketones (excluding diaryl/α,β-unsaturated/α-hetero) is 4. The van der Waals surface area contributed by atoms with Gasteiger partial charge in [-0.05, 0) is 57.1 Å². The van der Waals surface area contributed by atoms with Crippen molar-refractivity contribution in [1.82, 2.24) is 30.6 Å². The number of aromatic nitrogens is 2. The lowest BCUT2D eigenvalue weighted by Gasteiger charge is -2.21. The standard InChI is InChI=1S/C12H17O5P.C11H23N3O2.C10H19NO4.C9H16N3O4P.C9H12O6.C7H14N2O2.C7H15NO.C7H15O4P.C5H11NO.C5H11O6P/c1-9(2)12(13)16-8-10-4-6-11(7-5-10)17-18(3,14)15;1-8(2)10(15)7-14-11(16)9(13)5-3-4-6-12;1-6(2)8(11)10(13)15-5-14-9(12)7(3)4;1-6(2)17(15,16)12-8(9(13)14)3-7-4-10-5-11-7;1-6(2)9(13)15-5-14-8(12)4-3-7(10)11;1-5(2)6(10)4-9-7(11)3-8;1-6(2)7(9)5-8(3)4;1-5(2)7(8)11-12(9,10)6(3)4;1-4(2)5(7)3-6;1-4(2)5(6)10-3-11-12(7,8)9/h4-7,9H,8H2,1-3H3,(H,14,15);8-9H,3-7,12-13H2,1-2H3,(H,14,16);6-8H,5,11H2,1-4H3;4-6,8H,3H2,1-2H3,(H,10,11)(H,13,14)(H2,12,15,16);3-4,6H,5H2,1-2H3,(H,10,11);5H,3-4,8H2,1-2H3,(H,9,11);6H,5H2,1-4H3;5-6H,1-4H3,(H,9,10);4H,3,6H2,1-2H3;4H,3H2,1-2H3,(H2,7,8,9)/b;;;;4-3+;;;;;/t;9-;2*8-;;;;;;/m.000....../s1. The first-order chi connectivity index (χ1) is 60.3. The summed E-state index contributed by atoms with van der Waals surface area (Å²) in [7, 11) is -11.6. The lowest BCUT2D eigenvalue weighted by Crippen LogP contribution is -2.43. The molecule has 0 aliphatic heterocycles. The van der Waals surface area contributed by atoms with Crippen LogP contribution in [0, 0.1) is 59.2 Å². The first kappa shape index (κ1) is 139. The summed E-state index contributed by atoms with van der Waals surface area (Å²) in [5.74, 6) is -7.23. The van der Waals surface area contributed by atoms with Crippen molar-refractivity contribution in [3.8, 4) is 5.75 Å². The van der Waals surface area contributed by atoms with E-state index in [9.17, 15) is 95.1 Å². The van der Waals surface area contributed by atoms with E-state index in [0.717, 1.165) is 31.1 Å². The van der Waals surface area contributed by atoms with E-state index in [-0.39, 0.29) is 140 Å². The molecule has 2 aromatic rings. The zero-order valence-electron chi connectivity index (χ0n) is 81.3. The number of imidazole rings is 1. The lowest BCUT2D eigenvalue weighted by atomic mass is 10.1. The molecular weight excluding hydrogens is 1820 g/mol. The van der Waals surface area contributed by atoms with Gasteiger partial charge in [-0.2, -0.15) is 0 Å². The molecule has 46 nitrogen and oxygen atoms in total. The molecule has 1 heterocycles. The van der Waals surface area contributed by atoms with Crippen LogP contribution in [0.1, 0.15) is 197 Å². The monoisotopic (exact) mass is 1980 g/mol. The fraction of sp³-hybridized carbons (Fsp3) is 0.683. The highest BCUT2D eigenvalue weighted by Crippen LogP contribution is 2.47. The summed E-state index contributed by atoms with van der Waals surface area (Å²) in [4.78, 5) is 216. The van der Waals surface area contributed by atoms with Crippen LogP contribution in [0.4, 0.5) is 0 Å². The Bertz CT molecular complexity index is 3920. The predicted molar refractivity (Wildman–Crippen MR) is 490 cm³/mol. The van der Waals surface area contributed by atoms with Gasteiger partial charge < -0.3 is 121 Å². The van der Waals surface area contributed by atoms with Crippen LogP contribution in [0.3, 0.4) is 0 Å². The van der Waals surface area contributed by atoms with Crippen molar-refractivity contribution in [3.63, 3.8) is 0 Å². The largest absolute Gasteiger partial charge is 0.480 e. The Morgan fingerprint density at radius 1 is 0.508 bits per heavy atom. The highest BCUT2D eigenvalue weighted by atomic mass is 31.2. The number of carbonyl (C=O) groups is 15. The molecule has 2 rings (SSSR count). The van der Waals surface area contributed by atoms with E-state index in [1.165, 1.54) is 26.4 Å². The van der Waals surface area contributed by atoms with Gasteiger partial charge in [0.15, 0.2) is 11.6 Å². The number of carbonyl (C=O) groups excluding carboxylic acids is 13. The highest BCUT2D eigenvalue weighted by Gasteiger charge is 2.32. The van der Waals surface area contributed by atoms with Crippen LogP contribution in [0.15, 0.2) is 48.9 Å². The topological polar surface area (TPSA) is 747 Å². The summed E-state index contributed by atoms with van der Waals surface area (Å²) in [5, 5.41) is 24.4. The number of H-pyrrole nitrogens is 1. The van der Waals surface area contributed by atoms with Crippen LogP contribution >= 0.6 is 30.5 Å². The number of amides is 2. The van der Waals surface area contributed by atoms with E-state index in [1.54, 1.807) is 135 Å². The van der Waals surface area contributed by atoms with Crippen molar-refractivity contribution in [3.05, 3.63) is 60.2 Å². The molecule has 2 amide bonds. The number of phosphoric ester groups is 1. The number of aromatic amines is 1. The summed E-state index contributed by atoms with van der Waals surface area (Å²) < 4.78 is 84.7. The normalized spacial score (nSPS) is 12.8. The molecule has 766 valence electrons. The number of benzene rings is 1. The number of hydrogen-bond acceptors (Lipinski definition) is 35. The van der Waals surface area contributed by atoms with Gasteiger partial charge in [-0.25, -0.2) is 37.9 Å². The van der Waals surface area contributed by atoms with Gasteiger partial charge in [0.1, 0.15) is 36.0 Å². The molecule has 0 bridgehead atoms. The summed E-state index contributed by atoms with van der Waals surface area (Å²) in [5.41, 5.74) is 26.9. The van der Waals surface area contributed by atoms with Crippen LogP contribution in [0.25, 0.3) is 0 Å². The molecular formula is C82H153N11O35P4. The van der Waals surface area contributed by atoms with Crippen molar-refractivity contribution in [2.75, 3.05) is 80.4 Å². The maximum absolute atomic E-state index is 11.7. The molecule has 132 heavy (non-hydrogen) atoms. The molecule has 6 atom stereocenters. The van der Waals surface area contributed by atoms with Crippen molar-refractivity contribution < 1.29 is 167 Å². The molecule has 0 aliphatic carbocycles. The number of likely N-dealkylation sites (N-methyl/N-ethyl adjacent to an activating group) is 1. The van der Waals surface area contributed by atoms with Gasteiger partial charge in [-0.3, -0.25) is 66.9 Å². The average molecular weight is 1980 g/mol. The molecule has 0 saturated carbocycles. The van der Waals surface area contributed by atoms with Gasteiger partial charge in [0.2, 0.25) is 32.2 Å². The first-order valence-electron chi connectivity index (χ1n) is 41.7. The fourth-order valence-corrected chi connectivity index (χ4v) is 8.85. The third-order valence-electron chi connectivity index (χ3n) is 15.3. The molecule has 1 aromatic carbocycles. The minimum Gasteiger partial charge on any atom is -0.480 e. The van der Waals surface area contributed by atoms with Crippen molar-refractivity contribution in [2.45, 2.75) is 228 Å². The molecule has 1 aromatic heterocycles. The van der Waals surface area contributed by atoms with Gasteiger partial charge in [-0.1, -0.05) is 185 Å². The van der Waals surface area contributed by atoms with Crippen molar-refractivity contribution in [2.24, 2.45) is 87.8 Å². The van der Waals surface area contributed by atoms with E-state index in [4.69, 9.17) is 67.7 Å². The number of nitrogens with zero attached hydrogens (tertiary/aromatic N) is 2. The quantitative estimate of drug-likeness (QED) is 0.00874. The Hall–Kier alpha value is -8.78. The zero-order valence-corrected chi connectivity index (χ0v) is 84.9. The smallest absolute Gasteiger partial charge is 0.472 e. The predicted octanol–water partition coefficient (Wildman–Crippen LogP) is 6.21. The number of unbranched alkanes of at least 4 members (excludes halogenated alkanes) is 1. The summed E-state index contributed by atoms with van der Waals surface area (Å²) in [6.45, 7) is 42.3. The number of rotatable bonds is 45. The number of carboxylic acids is 2. The number of nitrogens with two attached hydrogens (primary N) is 5. The van der Waals surface area contributed by atoms with Crippen molar-refractivity contribution in [1.29, 1.82) is 0 Å². The average Bonchev–Trinajstić information content (AvgIpc) is 1.36. The minimum absolute atomic E-state index is 0.00157. The fourth-order valence-electron chi connectivity index (χ4n) is 6.52. The molecule has 0 fully saturated rings. The van der Waals surface area contributed by atoms with Gasteiger partial charge in [-0.15, -0.1) is 0 Å². The maximum atomic E-state index is 11.7. The van der Waals surface area contributed by atoms with E-state index in [2.05, 4.69) is 58.4 Å². The number of ketones is 4. The molecule has 0 radical (unpaired) electrons. The molecule has 0 aliphatic rings. The SMILES string of the molecule is CC(C)C(=O)CN.CC(C)C(=O)CN(C)C.CC(C)C(=O)CNC(=O)CN.CC(C)C(=O)CNC(=O)[C@@H](N)CCCCN.CC(C)C(=O)OCOC(=O)/C=C/C(=O)O.CC(C)C(=O)OCOC(=O)[C@@H](N)C(C)C.CC(C)C(=O)OCOP(=O)(O)O.CC(C)C(=O)OCc1ccc(OP(C)(=O)O)cc1.CC(C)C(=O)OP(=O)(O)C(C)C.CC(C)P(=O)(O)N[C@@H](Cc1cnc[nH]1)C(=O)O. The Balaban J connectivity index is -0.000000218. The third kappa shape index (κ3) is 85.4. The number of nitrogens with one attached hydrogen (secondary N) is 4. The first-order valence-corrected chi connectivity index (χ1v) is 48.7. The Morgan fingerprint density at radius 2 is 0.932 bits per heavy atom. The number of aliphatic carboxylic acids is 2. The lowest BCUT2D eigenvalue weighted by molar-refractivity contribution is -0.171. The van der Waals surface area contributed by atoms with Crippen LogP contribution in [0.5, 0.6) is 5.75 Å². The summed E-state index contributed by atoms with van der Waals surface area (Å²) in [6.07, 6.45) is 6.66. The van der Waals surface area contributed by atoms with Crippen molar-refractivity contribution >= 4 is 119 Å². The number of hydrogen-bond donors (Lipinski definition) is 16. The minimum atomic E-state index is -4.53. The number of carboxylic acid groups (broad SMARTS) is 2. The molecule has 50 heteroatoms. The van der Waals surface area contributed by atoms with Gasteiger partial charge >= 0.3 is 76.7 Å². The van der Waals surface area contributed by atoms with Crippen LogP contribution in [0.2, 0.25) is 0 Å². The van der Waals surface area contributed by atoms with Crippen LogP contribution in [-0.4, -0.2) is 248 Å². The van der Waals surface area contributed by atoms with Gasteiger partial charge in [0.05, 0.1) is 80.3 Å². The number of esters is 6. The molecule has 21 N–H and O–H groups in total. The molecule has 3 unspecified atom stereocenters. The Morgan fingerprint density at radius 3 is 1.27 bits per heavy atom.